The molecular formula is C23H25NO6. The monoisotopic (exact) mass is 411 g/mol. The Kier molecular flexibility index (Phi) is 5.79. The van der Waals surface area contributed by atoms with E-state index in [4.69, 9.17) is 18.9 Å². The van der Waals surface area contributed by atoms with Gasteiger partial charge in [-0.05, 0) is 43.2 Å². The van der Waals surface area contributed by atoms with Crippen molar-refractivity contribution in [1.29, 1.82) is 0 Å². The molecule has 0 spiro atoms. The standard InChI is InChI=1S/C23H25NO6/c1-27-18-11-17(12-19(14-18)28-2)23(26)24-7-5-15(6-8-24)22(25)16-3-4-20-21(13-16)30-10-9-29-20/h3-4,11-15H,5-10H2,1-2H3. The smallest absolute Gasteiger partial charge is 0.254 e. The molecule has 2 aromatic carbocycles. The van der Waals surface area contributed by atoms with E-state index in [2.05, 4.69) is 0 Å². The number of amides is 1. The van der Waals surface area contributed by atoms with Gasteiger partial charge < -0.3 is 23.8 Å². The number of piperidine rings is 1. The number of hydrogen-bond donors (Lipinski definition) is 0. The number of carbonyl (C=O) groups excluding carboxylic acids is 2. The number of hydrogen-bond acceptors (Lipinski definition) is 6. The number of rotatable bonds is 5. The molecule has 1 amide bonds. The van der Waals surface area contributed by atoms with Crippen LogP contribution in [0.5, 0.6) is 23.0 Å². The summed E-state index contributed by atoms with van der Waals surface area (Å²) in [7, 11) is 3.11. The van der Waals surface area contributed by atoms with Crippen molar-refractivity contribution < 1.29 is 28.5 Å². The molecule has 0 atom stereocenters. The summed E-state index contributed by atoms with van der Waals surface area (Å²) in [4.78, 5) is 27.7. The van der Waals surface area contributed by atoms with E-state index in [1.807, 2.05) is 0 Å². The van der Waals surface area contributed by atoms with E-state index in [-0.39, 0.29) is 17.6 Å². The van der Waals surface area contributed by atoms with Crippen LogP contribution in [0.4, 0.5) is 0 Å². The average Bonchev–Trinajstić information content (AvgIpc) is 2.82. The molecule has 0 saturated carbocycles. The number of methoxy groups -OCH3 is 2. The second-order valence-electron chi connectivity index (χ2n) is 7.39. The summed E-state index contributed by atoms with van der Waals surface area (Å²) < 4.78 is 21.6. The van der Waals surface area contributed by atoms with E-state index in [9.17, 15) is 9.59 Å². The van der Waals surface area contributed by atoms with Gasteiger partial charge in [0.05, 0.1) is 14.2 Å². The highest BCUT2D eigenvalue weighted by Crippen LogP contribution is 2.33. The number of benzene rings is 2. The predicted octanol–water partition coefficient (Wildman–Crippen LogP) is 3.21. The van der Waals surface area contributed by atoms with Crippen molar-refractivity contribution in [2.45, 2.75) is 12.8 Å². The van der Waals surface area contributed by atoms with Crippen LogP contribution in [0.1, 0.15) is 33.6 Å². The molecule has 0 N–H and O–H groups in total. The van der Waals surface area contributed by atoms with Crippen LogP contribution in [0.2, 0.25) is 0 Å². The molecule has 1 fully saturated rings. The third-order valence-electron chi connectivity index (χ3n) is 5.58. The van der Waals surface area contributed by atoms with Crippen LogP contribution in [0.15, 0.2) is 36.4 Å². The maximum Gasteiger partial charge on any atom is 0.254 e. The topological polar surface area (TPSA) is 74.3 Å². The van der Waals surface area contributed by atoms with E-state index < -0.39 is 0 Å². The average molecular weight is 411 g/mol. The van der Waals surface area contributed by atoms with Crippen LogP contribution in [0.25, 0.3) is 0 Å². The first-order valence-electron chi connectivity index (χ1n) is 10.0. The number of Topliss-reactive ketones (excluding diaryl/α,β-unsaturated/α-hetero) is 1. The minimum Gasteiger partial charge on any atom is -0.497 e. The lowest BCUT2D eigenvalue weighted by atomic mass is 9.88. The molecule has 1 saturated heterocycles. The highest BCUT2D eigenvalue weighted by molar-refractivity contribution is 5.99. The first-order valence-corrected chi connectivity index (χ1v) is 10.0. The Balaban J connectivity index is 1.41. The quantitative estimate of drug-likeness (QED) is 0.704. The first kappa shape index (κ1) is 20.1. The van der Waals surface area contributed by atoms with Crippen LogP contribution in [0.3, 0.4) is 0 Å². The lowest BCUT2D eigenvalue weighted by Gasteiger charge is -2.31. The SMILES string of the molecule is COc1cc(OC)cc(C(=O)N2CCC(C(=O)c3ccc4c(c3)OCCO4)CC2)c1. The third kappa shape index (κ3) is 4.06. The van der Waals surface area contributed by atoms with Gasteiger partial charge in [0.2, 0.25) is 0 Å². The second-order valence-corrected chi connectivity index (χ2v) is 7.39. The minimum absolute atomic E-state index is 0.0853. The Morgan fingerprint density at radius 1 is 0.867 bits per heavy atom. The van der Waals surface area contributed by atoms with Crippen LogP contribution < -0.4 is 18.9 Å². The molecule has 0 aliphatic carbocycles. The van der Waals surface area contributed by atoms with Gasteiger partial charge >= 0.3 is 0 Å². The lowest BCUT2D eigenvalue weighted by Crippen LogP contribution is -2.40. The van der Waals surface area contributed by atoms with Crippen molar-refractivity contribution in [3.63, 3.8) is 0 Å². The molecule has 2 aliphatic rings. The van der Waals surface area contributed by atoms with E-state index in [0.717, 1.165) is 0 Å². The minimum atomic E-state index is -0.114. The van der Waals surface area contributed by atoms with Crippen molar-refractivity contribution >= 4 is 11.7 Å². The van der Waals surface area contributed by atoms with Gasteiger partial charge in [0, 0.05) is 36.2 Å². The molecule has 158 valence electrons. The molecule has 2 aliphatic heterocycles. The molecular weight excluding hydrogens is 386 g/mol. The maximum absolute atomic E-state index is 13.0. The fraction of sp³-hybridized carbons (Fsp3) is 0.391. The molecule has 2 heterocycles. The number of likely N-dealkylation sites (tertiary alicyclic amines) is 1. The van der Waals surface area contributed by atoms with Gasteiger partial charge in [0.1, 0.15) is 24.7 Å². The summed E-state index contributed by atoms with van der Waals surface area (Å²) in [6, 6.07) is 10.5. The highest BCUT2D eigenvalue weighted by Gasteiger charge is 2.29. The van der Waals surface area contributed by atoms with Gasteiger partial charge in [-0.15, -0.1) is 0 Å². The highest BCUT2D eigenvalue weighted by atomic mass is 16.6. The summed E-state index contributed by atoms with van der Waals surface area (Å²) in [5, 5.41) is 0. The van der Waals surface area contributed by atoms with Gasteiger partial charge in [-0.3, -0.25) is 9.59 Å². The van der Waals surface area contributed by atoms with E-state index in [1.165, 1.54) is 0 Å². The number of fused-ring (bicyclic) bond motifs is 1. The maximum atomic E-state index is 13.0. The largest absolute Gasteiger partial charge is 0.497 e. The molecule has 0 radical (unpaired) electrons. The summed E-state index contributed by atoms with van der Waals surface area (Å²) in [6.07, 6.45) is 1.25. The fourth-order valence-electron chi connectivity index (χ4n) is 3.89. The van der Waals surface area contributed by atoms with Crippen molar-refractivity contribution in [2.75, 3.05) is 40.5 Å². The zero-order chi connectivity index (χ0) is 21.1. The van der Waals surface area contributed by atoms with E-state index in [0.29, 0.717) is 73.3 Å². The number of carbonyl (C=O) groups is 2. The third-order valence-corrected chi connectivity index (χ3v) is 5.58. The van der Waals surface area contributed by atoms with E-state index in [1.54, 1.807) is 55.5 Å². The predicted molar refractivity (Wildman–Crippen MR) is 110 cm³/mol. The fourth-order valence-corrected chi connectivity index (χ4v) is 3.89. The van der Waals surface area contributed by atoms with Gasteiger partial charge in [-0.25, -0.2) is 0 Å². The molecule has 0 aromatic heterocycles. The Bertz CT molecular complexity index is 926. The summed E-state index contributed by atoms with van der Waals surface area (Å²) >= 11 is 0. The molecule has 2 aromatic rings. The van der Waals surface area contributed by atoms with E-state index >= 15 is 0 Å². The Hall–Kier alpha value is -3.22. The van der Waals surface area contributed by atoms with Crippen LogP contribution in [0, 0.1) is 5.92 Å². The molecule has 0 bridgehead atoms. The zero-order valence-electron chi connectivity index (χ0n) is 17.2. The molecule has 0 unspecified atom stereocenters. The number of ether oxygens (including phenoxy) is 4. The van der Waals surface area contributed by atoms with Crippen molar-refractivity contribution in [3.05, 3.63) is 47.5 Å². The Labute approximate surface area is 175 Å². The zero-order valence-corrected chi connectivity index (χ0v) is 17.2. The summed E-state index contributed by atoms with van der Waals surface area (Å²) in [5.41, 5.74) is 1.14. The molecule has 4 rings (SSSR count). The van der Waals surface area contributed by atoms with Gasteiger partial charge in [-0.2, -0.15) is 0 Å². The normalized spacial score (nSPS) is 16.1. The second kappa shape index (κ2) is 8.65. The number of ketones is 1. The van der Waals surface area contributed by atoms with Gasteiger partial charge in [0.25, 0.3) is 5.91 Å². The van der Waals surface area contributed by atoms with Crippen LogP contribution in [-0.4, -0.2) is 57.1 Å². The van der Waals surface area contributed by atoms with Crippen molar-refractivity contribution in [3.8, 4) is 23.0 Å². The van der Waals surface area contributed by atoms with Crippen molar-refractivity contribution in [1.82, 2.24) is 4.90 Å². The number of nitrogens with zero attached hydrogens (tertiary/aromatic N) is 1. The van der Waals surface area contributed by atoms with Gasteiger partial charge in [0.15, 0.2) is 17.3 Å². The first-order chi connectivity index (χ1) is 14.6. The van der Waals surface area contributed by atoms with Gasteiger partial charge in [-0.1, -0.05) is 0 Å². The molecule has 7 heteroatoms. The van der Waals surface area contributed by atoms with Crippen LogP contribution >= 0.6 is 0 Å². The Morgan fingerprint density at radius 3 is 2.13 bits per heavy atom. The van der Waals surface area contributed by atoms with Crippen molar-refractivity contribution in [2.24, 2.45) is 5.92 Å². The summed E-state index contributed by atoms with van der Waals surface area (Å²) in [6.45, 7) is 2.06. The molecule has 30 heavy (non-hydrogen) atoms. The lowest BCUT2D eigenvalue weighted by molar-refractivity contribution is 0.0649. The summed E-state index contributed by atoms with van der Waals surface area (Å²) in [5.74, 6) is 2.32. The molecule has 7 nitrogen and oxygen atoms in total. The van der Waals surface area contributed by atoms with Crippen LogP contribution in [-0.2, 0) is 0 Å². The Morgan fingerprint density at radius 2 is 1.50 bits per heavy atom.